The van der Waals surface area contributed by atoms with Gasteiger partial charge in [-0.05, 0) is 75.1 Å². The maximum absolute atomic E-state index is 15.4. The van der Waals surface area contributed by atoms with Crippen LogP contribution in [0.2, 0.25) is 0 Å². The van der Waals surface area contributed by atoms with E-state index in [1.807, 2.05) is 65.0 Å². The van der Waals surface area contributed by atoms with Crippen LogP contribution in [-0.4, -0.2) is 15.2 Å². The van der Waals surface area contributed by atoms with Crippen molar-refractivity contribution in [2.24, 2.45) is 0 Å². The first-order chi connectivity index (χ1) is 18.1. The Bertz CT molecular complexity index is 1560. The summed E-state index contributed by atoms with van der Waals surface area (Å²) in [5.74, 6) is 0.912. The molecule has 0 atom stereocenters. The van der Waals surface area contributed by atoms with Crippen molar-refractivity contribution in [2.45, 2.75) is 59.6 Å². The van der Waals surface area contributed by atoms with Gasteiger partial charge in [0, 0.05) is 12.0 Å². The average molecular weight is 510 g/mol. The second-order valence-corrected chi connectivity index (χ2v) is 10.3. The third-order valence-corrected chi connectivity index (χ3v) is 6.21. The van der Waals surface area contributed by atoms with Gasteiger partial charge in [0.2, 0.25) is 0 Å². The molecule has 0 aliphatic carbocycles. The summed E-state index contributed by atoms with van der Waals surface area (Å²) in [6, 6.07) is 21.6. The van der Waals surface area contributed by atoms with Gasteiger partial charge in [-0.15, -0.1) is 0 Å². The summed E-state index contributed by atoms with van der Waals surface area (Å²) in [5.41, 5.74) is 3.48. The number of nitrogens with zero attached hydrogens (tertiary/aromatic N) is 3. The van der Waals surface area contributed by atoms with E-state index in [-0.39, 0.29) is 17.7 Å². The van der Waals surface area contributed by atoms with Crippen LogP contribution in [0.25, 0.3) is 22.3 Å². The molecule has 6 heteroatoms. The molecule has 1 aromatic heterocycles. The third kappa shape index (κ3) is 5.84. The molecule has 5 nitrogen and oxygen atoms in total. The topological polar surface area (TPSA) is 67.9 Å². The van der Waals surface area contributed by atoms with Gasteiger partial charge >= 0.3 is 0 Å². The van der Waals surface area contributed by atoms with Crippen LogP contribution in [0.3, 0.4) is 0 Å². The van der Waals surface area contributed by atoms with E-state index in [9.17, 15) is 10.1 Å². The minimum absolute atomic E-state index is 0.0612. The lowest BCUT2D eigenvalue weighted by Crippen LogP contribution is -2.28. The molecule has 0 N–H and O–H groups in total. The Hall–Kier alpha value is -4.24. The van der Waals surface area contributed by atoms with Crippen LogP contribution >= 0.6 is 0 Å². The van der Waals surface area contributed by atoms with Crippen LogP contribution in [0.4, 0.5) is 4.39 Å². The predicted octanol–water partition coefficient (Wildman–Crippen LogP) is 7.07. The van der Waals surface area contributed by atoms with E-state index in [0.717, 1.165) is 17.7 Å². The highest BCUT2D eigenvalue weighted by Gasteiger charge is 2.18. The fourth-order valence-electron chi connectivity index (χ4n) is 4.52. The molecule has 0 unspecified atom stereocenters. The standard InChI is InChI=1S/C32H32FN3O2/c1-6-9-29-35-21(2)30(22-14-16-26(17-15-22)38-32(3,4)5)31(37)36(29)20-25-13-12-23(18-28(25)33)27-11-8-7-10-24(27)19-34/h7-8,10-18H,6,9,20H2,1-5H3. The fraction of sp³-hybridized carbons (Fsp3) is 0.281. The number of ether oxygens (including phenoxy) is 1. The smallest absolute Gasteiger partial charge is 0.261 e. The van der Waals surface area contributed by atoms with E-state index in [2.05, 4.69) is 6.07 Å². The van der Waals surface area contributed by atoms with E-state index in [1.165, 1.54) is 6.07 Å². The van der Waals surface area contributed by atoms with Gasteiger partial charge in [0.05, 0.1) is 29.4 Å². The maximum Gasteiger partial charge on any atom is 0.261 e. The highest BCUT2D eigenvalue weighted by Crippen LogP contribution is 2.27. The largest absolute Gasteiger partial charge is 0.488 e. The molecular weight excluding hydrogens is 477 g/mol. The Kier molecular flexibility index (Phi) is 7.78. The minimum atomic E-state index is -0.435. The van der Waals surface area contributed by atoms with Crippen LogP contribution in [0.1, 0.15) is 56.8 Å². The summed E-state index contributed by atoms with van der Waals surface area (Å²) < 4.78 is 22.8. The summed E-state index contributed by atoms with van der Waals surface area (Å²) in [6.45, 7) is 9.86. The van der Waals surface area contributed by atoms with Gasteiger partial charge in [-0.3, -0.25) is 9.36 Å². The Balaban J connectivity index is 1.74. The molecular formula is C32H32FN3O2. The molecule has 0 saturated heterocycles. The van der Waals surface area contributed by atoms with Crippen molar-refractivity contribution in [3.05, 3.63) is 106 Å². The molecule has 4 rings (SSSR count). The van der Waals surface area contributed by atoms with Gasteiger partial charge in [0.15, 0.2) is 0 Å². The Labute approximate surface area is 223 Å². The zero-order valence-corrected chi connectivity index (χ0v) is 22.5. The molecule has 38 heavy (non-hydrogen) atoms. The highest BCUT2D eigenvalue weighted by molar-refractivity contribution is 5.70. The van der Waals surface area contributed by atoms with Crippen LogP contribution in [0.5, 0.6) is 5.75 Å². The maximum atomic E-state index is 15.4. The van der Waals surface area contributed by atoms with E-state index in [4.69, 9.17) is 9.72 Å². The zero-order valence-electron chi connectivity index (χ0n) is 22.5. The van der Waals surface area contributed by atoms with E-state index in [1.54, 1.807) is 34.9 Å². The fourth-order valence-corrected chi connectivity index (χ4v) is 4.52. The van der Waals surface area contributed by atoms with E-state index < -0.39 is 5.82 Å². The summed E-state index contributed by atoms with van der Waals surface area (Å²) in [7, 11) is 0. The van der Waals surface area contributed by atoms with Gasteiger partial charge in [0.25, 0.3) is 5.56 Å². The molecule has 0 saturated carbocycles. The van der Waals surface area contributed by atoms with Gasteiger partial charge in [0.1, 0.15) is 23.0 Å². The van der Waals surface area contributed by atoms with Crippen molar-refractivity contribution in [1.82, 2.24) is 9.55 Å². The number of hydrogen-bond donors (Lipinski definition) is 0. The van der Waals surface area contributed by atoms with Gasteiger partial charge < -0.3 is 4.74 Å². The normalized spacial score (nSPS) is 11.3. The van der Waals surface area contributed by atoms with Crippen LogP contribution in [-0.2, 0) is 13.0 Å². The second kappa shape index (κ2) is 11.0. The van der Waals surface area contributed by atoms with Crippen LogP contribution < -0.4 is 10.3 Å². The SMILES string of the molecule is CCCc1nc(C)c(-c2ccc(OC(C)(C)C)cc2)c(=O)n1Cc1ccc(-c2ccccc2C#N)cc1F. The summed E-state index contributed by atoms with van der Waals surface area (Å²) in [5, 5.41) is 9.42. The number of halogens is 1. The molecule has 0 fully saturated rings. The first kappa shape index (κ1) is 26.8. The first-order valence-corrected chi connectivity index (χ1v) is 12.8. The number of hydrogen-bond acceptors (Lipinski definition) is 4. The Morgan fingerprint density at radius 2 is 1.71 bits per heavy atom. The molecule has 1 heterocycles. The molecule has 0 aliphatic heterocycles. The first-order valence-electron chi connectivity index (χ1n) is 12.8. The second-order valence-electron chi connectivity index (χ2n) is 10.3. The van der Waals surface area contributed by atoms with Gasteiger partial charge in [-0.1, -0.05) is 49.4 Å². The van der Waals surface area contributed by atoms with E-state index in [0.29, 0.717) is 45.8 Å². The van der Waals surface area contributed by atoms with Gasteiger partial charge in [-0.25, -0.2) is 9.37 Å². The summed E-state index contributed by atoms with van der Waals surface area (Å²) in [4.78, 5) is 18.6. The Morgan fingerprint density at radius 3 is 2.34 bits per heavy atom. The van der Waals surface area contributed by atoms with Crippen molar-refractivity contribution in [1.29, 1.82) is 5.26 Å². The number of rotatable bonds is 7. The number of aryl methyl sites for hydroxylation is 2. The average Bonchev–Trinajstić information content (AvgIpc) is 2.87. The number of benzene rings is 3. The molecule has 0 bridgehead atoms. The third-order valence-electron chi connectivity index (χ3n) is 6.21. The molecule has 194 valence electrons. The summed E-state index contributed by atoms with van der Waals surface area (Å²) >= 11 is 0. The molecule has 0 amide bonds. The van der Waals surface area contributed by atoms with Crippen molar-refractivity contribution >= 4 is 0 Å². The van der Waals surface area contributed by atoms with Crippen molar-refractivity contribution in [3.63, 3.8) is 0 Å². The summed E-state index contributed by atoms with van der Waals surface area (Å²) in [6.07, 6.45) is 1.40. The predicted molar refractivity (Wildman–Crippen MR) is 149 cm³/mol. The monoisotopic (exact) mass is 509 g/mol. The molecule has 0 spiro atoms. The number of nitriles is 1. The molecule has 4 aromatic rings. The van der Waals surface area contributed by atoms with Crippen molar-refractivity contribution in [3.8, 4) is 34.1 Å². The zero-order chi connectivity index (χ0) is 27.4. The molecule has 3 aromatic carbocycles. The molecule has 0 aliphatic rings. The lowest BCUT2D eigenvalue weighted by molar-refractivity contribution is 0.131. The van der Waals surface area contributed by atoms with Crippen molar-refractivity contribution in [2.75, 3.05) is 0 Å². The molecule has 0 radical (unpaired) electrons. The van der Waals surface area contributed by atoms with E-state index >= 15 is 4.39 Å². The Morgan fingerprint density at radius 1 is 1.03 bits per heavy atom. The minimum Gasteiger partial charge on any atom is -0.488 e. The van der Waals surface area contributed by atoms with Crippen LogP contribution in [0.15, 0.2) is 71.5 Å². The lowest BCUT2D eigenvalue weighted by atomic mass is 9.99. The van der Waals surface area contributed by atoms with Crippen LogP contribution in [0, 0.1) is 24.1 Å². The number of aromatic nitrogens is 2. The quantitative estimate of drug-likeness (QED) is 0.267. The lowest BCUT2D eigenvalue weighted by Gasteiger charge is -2.21. The van der Waals surface area contributed by atoms with Crippen molar-refractivity contribution < 1.29 is 9.13 Å². The highest BCUT2D eigenvalue weighted by atomic mass is 19.1. The van der Waals surface area contributed by atoms with Gasteiger partial charge in [-0.2, -0.15) is 5.26 Å².